The van der Waals surface area contributed by atoms with Crippen molar-refractivity contribution < 1.29 is 19.1 Å². The Labute approximate surface area is 250 Å². The zero-order chi connectivity index (χ0) is 28.8. The first-order valence-corrected chi connectivity index (χ1v) is 15.1. The van der Waals surface area contributed by atoms with E-state index in [1.165, 1.54) is 0 Å². The van der Waals surface area contributed by atoms with Gasteiger partial charge in [0.25, 0.3) is 5.91 Å². The highest BCUT2D eigenvalue weighted by Crippen LogP contribution is 2.58. The SMILES string of the molecule is CCN1CCN(Cc2ccc(C(=O)NCC3C4Oc5ccc(Oc6ccnc7c6CCC(=O)N7)cc5C34)cc2Cl)CC1. The Hall–Kier alpha value is -3.66. The molecule has 10 heteroatoms. The van der Waals surface area contributed by atoms with Gasteiger partial charge >= 0.3 is 0 Å². The molecule has 218 valence electrons. The Morgan fingerprint density at radius 1 is 1.12 bits per heavy atom. The molecule has 3 aromatic rings. The van der Waals surface area contributed by atoms with Gasteiger partial charge in [0.15, 0.2) is 0 Å². The van der Waals surface area contributed by atoms with E-state index in [1.807, 2.05) is 36.4 Å². The lowest BCUT2D eigenvalue weighted by Crippen LogP contribution is -2.45. The number of rotatable bonds is 8. The zero-order valence-corrected chi connectivity index (χ0v) is 24.3. The third-order valence-electron chi connectivity index (χ3n) is 8.92. The Morgan fingerprint density at radius 2 is 1.95 bits per heavy atom. The number of pyridine rings is 1. The van der Waals surface area contributed by atoms with Gasteiger partial charge in [-0.15, -0.1) is 0 Å². The van der Waals surface area contributed by atoms with Gasteiger partial charge < -0.3 is 25.0 Å². The van der Waals surface area contributed by atoms with Crippen LogP contribution >= 0.6 is 11.6 Å². The second-order valence-electron chi connectivity index (χ2n) is 11.5. The number of hydrogen-bond donors (Lipinski definition) is 2. The largest absolute Gasteiger partial charge is 0.489 e. The molecule has 7 rings (SSSR count). The molecular formula is C32H34ClN5O4. The van der Waals surface area contributed by atoms with Crippen LogP contribution in [0, 0.1) is 5.92 Å². The first kappa shape index (κ1) is 27.2. The third kappa shape index (κ3) is 5.32. The number of benzene rings is 2. The molecule has 4 heterocycles. The maximum Gasteiger partial charge on any atom is 0.251 e. The quantitative estimate of drug-likeness (QED) is 0.402. The first-order chi connectivity index (χ1) is 20.5. The van der Waals surface area contributed by atoms with Crippen LogP contribution in [-0.2, 0) is 17.8 Å². The molecule has 3 atom stereocenters. The number of anilines is 1. The van der Waals surface area contributed by atoms with Crippen molar-refractivity contribution in [1.82, 2.24) is 20.1 Å². The average molecular weight is 588 g/mol. The third-order valence-corrected chi connectivity index (χ3v) is 9.27. The Kier molecular flexibility index (Phi) is 7.25. The smallest absolute Gasteiger partial charge is 0.251 e. The highest BCUT2D eigenvalue weighted by molar-refractivity contribution is 6.31. The maximum absolute atomic E-state index is 13.0. The van der Waals surface area contributed by atoms with Crippen LogP contribution < -0.4 is 20.1 Å². The van der Waals surface area contributed by atoms with Crippen LogP contribution in [-0.4, -0.2) is 72.0 Å². The molecule has 9 nitrogen and oxygen atoms in total. The van der Waals surface area contributed by atoms with Gasteiger partial charge in [0, 0.05) is 85.4 Å². The number of ether oxygens (including phenoxy) is 2. The normalized spacial score (nSPS) is 22.8. The second-order valence-corrected chi connectivity index (χ2v) is 11.9. The molecule has 3 aliphatic heterocycles. The van der Waals surface area contributed by atoms with Gasteiger partial charge in [-0.2, -0.15) is 0 Å². The van der Waals surface area contributed by atoms with Crippen LogP contribution in [0.2, 0.25) is 5.02 Å². The standard InChI is InChI=1S/C32H34ClN5O4/c1-2-37-11-13-38(14-12-37)18-20-4-3-19(15-25(20)33)32(40)35-17-24-29-23-16-21(5-7-26(23)42-30(24)29)41-27-9-10-34-31-22(27)6-8-28(39)36-31/h3-5,7,9-10,15-16,24,29-30H,2,6,8,11-14,17-18H2,1H3,(H,35,40)(H,34,36,39). The molecule has 1 saturated carbocycles. The summed E-state index contributed by atoms with van der Waals surface area (Å²) in [4.78, 5) is 33.9. The number of amides is 2. The van der Waals surface area contributed by atoms with Crippen molar-refractivity contribution in [2.75, 3.05) is 44.6 Å². The summed E-state index contributed by atoms with van der Waals surface area (Å²) in [5.74, 6) is 3.09. The summed E-state index contributed by atoms with van der Waals surface area (Å²) in [6.45, 7) is 8.82. The molecular weight excluding hydrogens is 554 g/mol. The number of piperazine rings is 1. The molecule has 1 saturated heterocycles. The van der Waals surface area contributed by atoms with Gasteiger partial charge in [-0.1, -0.05) is 24.6 Å². The van der Waals surface area contributed by atoms with E-state index < -0.39 is 0 Å². The highest BCUT2D eigenvalue weighted by Gasteiger charge is 2.58. The van der Waals surface area contributed by atoms with E-state index in [9.17, 15) is 9.59 Å². The number of likely N-dealkylation sites (N-methyl/N-ethyl adjacent to an activating group) is 1. The van der Waals surface area contributed by atoms with Gasteiger partial charge in [0.1, 0.15) is 29.2 Å². The predicted octanol–water partition coefficient (Wildman–Crippen LogP) is 4.45. The van der Waals surface area contributed by atoms with Gasteiger partial charge in [-0.3, -0.25) is 14.5 Å². The number of halogens is 1. The summed E-state index contributed by atoms with van der Waals surface area (Å²) in [7, 11) is 0. The molecule has 0 bridgehead atoms. The monoisotopic (exact) mass is 587 g/mol. The van der Waals surface area contributed by atoms with E-state index in [-0.39, 0.29) is 29.8 Å². The maximum atomic E-state index is 13.0. The molecule has 2 amide bonds. The Balaban J connectivity index is 0.951. The van der Waals surface area contributed by atoms with Crippen LogP contribution in [0.5, 0.6) is 17.2 Å². The molecule has 0 radical (unpaired) electrons. The molecule has 3 unspecified atom stereocenters. The van der Waals surface area contributed by atoms with Crippen molar-refractivity contribution in [2.24, 2.45) is 5.92 Å². The lowest BCUT2D eigenvalue weighted by Gasteiger charge is -2.34. The van der Waals surface area contributed by atoms with Crippen LogP contribution in [0.1, 0.15) is 46.3 Å². The molecule has 2 N–H and O–H groups in total. The number of aromatic nitrogens is 1. The lowest BCUT2D eigenvalue weighted by atomic mass is 10.1. The van der Waals surface area contributed by atoms with E-state index in [0.717, 1.165) is 61.7 Å². The van der Waals surface area contributed by atoms with Gasteiger partial charge in [0.2, 0.25) is 5.91 Å². The van der Waals surface area contributed by atoms with Crippen molar-refractivity contribution in [3.8, 4) is 17.2 Å². The summed E-state index contributed by atoms with van der Waals surface area (Å²) in [6, 6.07) is 13.3. The second kappa shape index (κ2) is 11.2. The minimum absolute atomic E-state index is 0.0311. The fourth-order valence-corrected chi connectivity index (χ4v) is 6.61. The average Bonchev–Trinajstić information content (AvgIpc) is 3.55. The van der Waals surface area contributed by atoms with Crippen LogP contribution in [0.15, 0.2) is 48.7 Å². The summed E-state index contributed by atoms with van der Waals surface area (Å²) >= 11 is 6.61. The van der Waals surface area contributed by atoms with Gasteiger partial charge in [0.05, 0.1) is 0 Å². The van der Waals surface area contributed by atoms with Gasteiger partial charge in [-0.05, 0) is 54.9 Å². The first-order valence-electron chi connectivity index (χ1n) is 14.7. The molecule has 2 fully saturated rings. The van der Waals surface area contributed by atoms with Crippen molar-refractivity contribution in [3.63, 3.8) is 0 Å². The van der Waals surface area contributed by atoms with Crippen LogP contribution in [0.4, 0.5) is 5.82 Å². The number of carbonyl (C=O) groups excluding carboxylic acids is 2. The molecule has 4 aliphatic rings. The van der Waals surface area contributed by atoms with Crippen molar-refractivity contribution in [1.29, 1.82) is 0 Å². The minimum atomic E-state index is -0.128. The fraction of sp³-hybridized carbons (Fsp3) is 0.406. The van der Waals surface area contributed by atoms with Crippen LogP contribution in [0.3, 0.4) is 0 Å². The zero-order valence-electron chi connectivity index (χ0n) is 23.6. The number of hydrogen-bond acceptors (Lipinski definition) is 7. The summed E-state index contributed by atoms with van der Waals surface area (Å²) < 4.78 is 12.4. The number of nitrogens with zero attached hydrogens (tertiary/aromatic N) is 3. The summed E-state index contributed by atoms with van der Waals surface area (Å²) in [6.07, 6.45) is 2.70. The van der Waals surface area contributed by atoms with Crippen molar-refractivity contribution >= 4 is 29.2 Å². The molecule has 1 aromatic heterocycles. The molecule has 42 heavy (non-hydrogen) atoms. The molecule has 2 aromatic carbocycles. The number of fused-ring (bicyclic) bond motifs is 4. The van der Waals surface area contributed by atoms with Crippen molar-refractivity contribution in [3.05, 3.63) is 75.9 Å². The van der Waals surface area contributed by atoms with E-state index in [4.69, 9.17) is 21.1 Å². The van der Waals surface area contributed by atoms with E-state index in [1.54, 1.807) is 12.3 Å². The lowest BCUT2D eigenvalue weighted by molar-refractivity contribution is -0.116. The molecule has 0 spiro atoms. The van der Waals surface area contributed by atoms with E-state index >= 15 is 0 Å². The topological polar surface area (TPSA) is 96.0 Å². The Bertz CT molecular complexity index is 1540. The number of nitrogens with one attached hydrogen (secondary N) is 2. The summed E-state index contributed by atoms with van der Waals surface area (Å²) in [5.41, 5.74) is 3.62. The van der Waals surface area contributed by atoms with Crippen molar-refractivity contribution in [2.45, 2.75) is 38.3 Å². The number of carbonyl (C=O) groups is 2. The Morgan fingerprint density at radius 3 is 2.76 bits per heavy atom. The van der Waals surface area contributed by atoms with E-state index in [2.05, 4.69) is 32.3 Å². The summed E-state index contributed by atoms with van der Waals surface area (Å²) in [5, 5.41) is 6.53. The minimum Gasteiger partial charge on any atom is -0.489 e. The van der Waals surface area contributed by atoms with E-state index in [0.29, 0.717) is 47.3 Å². The van der Waals surface area contributed by atoms with Gasteiger partial charge in [-0.25, -0.2) is 4.98 Å². The predicted molar refractivity (Wildman–Crippen MR) is 160 cm³/mol. The molecule has 1 aliphatic carbocycles. The highest BCUT2D eigenvalue weighted by atomic mass is 35.5. The fourth-order valence-electron chi connectivity index (χ4n) is 6.37. The van der Waals surface area contributed by atoms with Crippen LogP contribution in [0.25, 0.3) is 0 Å².